The molecule has 0 spiro atoms. The highest BCUT2D eigenvalue weighted by Gasteiger charge is 1.98. The van der Waals surface area contributed by atoms with Gasteiger partial charge in [-0.15, -0.1) is 11.8 Å². The number of thioether (sulfide) groups is 1. The van der Waals surface area contributed by atoms with Crippen LogP contribution in [0.4, 0.5) is 0 Å². The van der Waals surface area contributed by atoms with Crippen LogP contribution in [0.15, 0.2) is 0 Å². The molecule has 0 bridgehead atoms. The van der Waals surface area contributed by atoms with Crippen LogP contribution in [-0.2, 0) is 5.11 Å². The Labute approximate surface area is 61.8 Å². The first-order valence-electron chi connectivity index (χ1n) is 3.47. The van der Waals surface area contributed by atoms with Crippen molar-refractivity contribution in [3.05, 3.63) is 0 Å². The Balaban J connectivity index is 2.95. The lowest BCUT2D eigenvalue weighted by atomic mass is 10.1. The van der Waals surface area contributed by atoms with E-state index in [1.54, 1.807) is 0 Å². The van der Waals surface area contributed by atoms with Crippen molar-refractivity contribution in [3.8, 4) is 0 Å². The molecule has 0 aromatic carbocycles. The van der Waals surface area contributed by atoms with Gasteiger partial charge in [0.1, 0.15) is 5.94 Å². The molecule has 0 aromatic rings. The van der Waals surface area contributed by atoms with Crippen molar-refractivity contribution in [1.29, 1.82) is 0 Å². The van der Waals surface area contributed by atoms with E-state index in [0.717, 1.165) is 11.7 Å². The number of hydrogen-bond acceptors (Lipinski definition) is 1. The molecule has 0 aromatic heterocycles. The van der Waals surface area contributed by atoms with E-state index in [0.29, 0.717) is 0 Å². The van der Waals surface area contributed by atoms with Crippen molar-refractivity contribution in [2.45, 2.75) is 26.7 Å². The lowest BCUT2D eigenvalue weighted by Gasteiger charge is -2.06. The van der Waals surface area contributed by atoms with Gasteiger partial charge in [0.25, 0.3) is 0 Å². The molecule has 1 radical (unpaired) electrons. The lowest BCUT2D eigenvalue weighted by Crippen LogP contribution is -1.97. The quantitative estimate of drug-likeness (QED) is 0.547. The van der Waals surface area contributed by atoms with E-state index in [9.17, 15) is 5.11 Å². The third-order valence-electron chi connectivity index (χ3n) is 1.27. The van der Waals surface area contributed by atoms with Gasteiger partial charge in [0, 0.05) is 0 Å². The second kappa shape index (κ2) is 6.43. The molecule has 0 aliphatic heterocycles. The van der Waals surface area contributed by atoms with Crippen molar-refractivity contribution in [1.82, 2.24) is 0 Å². The highest BCUT2D eigenvalue weighted by atomic mass is 32.2. The van der Waals surface area contributed by atoms with Crippen LogP contribution >= 0.6 is 11.8 Å². The highest BCUT2D eigenvalue weighted by molar-refractivity contribution is 7.99. The first-order valence-corrected chi connectivity index (χ1v) is 4.62. The van der Waals surface area contributed by atoms with Crippen molar-refractivity contribution in [3.63, 3.8) is 0 Å². The summed E-state index contributed by atoms with van der Waals surface area (Å²) in [6.45, 7) is 4.38. The van der Waals surface area contributed by atoms with Gasteiger partial charge in [0.15, 0.2) is 0 Å². The Kier molecular flexibility index (Phi) is 6.65. The summed E-state index contributed by atoms with van der Waals surface area (Å²) in [6, 6.07) is 0. The molecule has 1 atom stereocenters. The Morgan fingerprint density at radius 2 is 2.22 bits per heavy atom. The third kappa shape index (κ3) is 6.19. The van der Waals surface area contributed by atoms with E-state index < -0.39 is 0 Å². The SMILES string of the molecule is CCCC(C)CSC[O]. The predicted molar refractivity (Wildman–Crippen MR) is 42.1 cm³/mol. The summed E-state index contributed by atoms with van der Waals surface area (Å²) in [4.78, 5) is 0. The number of rotatable bonds is 5. The molecule has 0 aliphatic carbocycles. The van der Waals surface area contributed by atoms with Crippen LogP contribution in [-0.4, -0.2) is 11.7 Å². The van der Waals surface area contributed by atoms with Gasteiger partial charge in [-0.05, 0) is 11.7 Å². The largest absolute Gasteiger partial charge is 0.225 e. The molecule has 1 nitrogen and oxygen atoms in total. The zero-order valence-corrected chi connectivity index (χ0v) is 7.04. The normalized spacial score (nSPS) is 13.7. The Bertz CT molecular complexity index is 56.9. The maximum Gasteiger partial charge on any atom is 0.128 e. The van der Waals surface area contributed by atoms with Crippen molar-refractivity contribution in [2.75, 3.05) is 11.7 Å². The lowest BCUT2D eigenvalue weighted by molar-refractivity contribution is 0.260. The van der Waals surface area contributed by atoms with Crippen molar-refractivity contribution < 1.29 is 5.11 Å². The molecule has 55 valence electrons. The highest BCUT2D eigenvalue weighted by Crippen LogP contribution is 2.11. The van der Waals surface area contributed by atoms with Gasteiger partial charge in [-0.3, -0.25) is 0 Å². The van der Waals surface area contributed by atoms with E-state index in [2.05, 4.69) is 13.8 Å². The second-order valence-electron chi connectivity index (χ2n) is 2.38. The molecule has 0 saturated carbocycles. The first kappa shape index (κ1) is 9.31. The minimum Gasteiger partial charge on any atom is -0.225 e. The summed E-state index contributed by atoms with van der Waals surface area (Å²) >= 11 is 1.50. The smallest absolute Gasteiger partial charge is 0.128 e. The van der Waals surface area contributed by atoms with Crippen LogP contribution < -0.4 is 0 Å². The average Bonchev–Trinajstić information content (AvgIpc) is 1.85. The van der Waals surface area contributed by atoms with E-state index in [-0.39, 0.29) is 5.94 Å². The molecular weight excluding hydrogens is 132 g/mol. The van der Waals surface area contributed by atoms with Crippen LogP contribution in [0.25, 0.3) is 0 Å². The maximum atomic E-state index is 10.0. The van der Waals surface area contributed by atoms with Gasteiger partial charge in [-0.25, -0.2) is 5.11 Å². The third-order valence-corrected chi connectivity index (χ3v) is 2.24. The zero-order chi connectivity index (χ0) is 7.11. The molecule has 0 saturated heterocycles. The zero-order valence-electron chi connectivity index (χ0n) is 6.22. The molecular formula is C7H15OS. The summed E-state index contributed by atoms with van der Waals surface area (Å²) in [7, 11) is 0. The van der Waals surface area contributed by atoms with E-state index in [4.69, 9.17) is 0 Å². The molecule has 0 rings (SSSR count). The minimum absolute atomic E-state index is 0.0219. The molecule has 0 amide bonds. The number of hydrogen-bond donors (Lipinski definition) is 0. The van der Waals surface area contributed by atoms with Gasteiger partial charge in [-0.2, -0.15) is 0 Å². The van der Waals surface area contributed by atoms with E-state index in [1.165, 1.54) is 24.6 Å². The van der Waals surface area contributed by atoms with E-state index >= 15 is 0 Å². The Morgan fingerprint density at radius 1 is 1.56 bits per heavy atom. The van der Waals surface area contributed by atoms with Crippen LogP contribution in [0.5, 0.6) is 0 Å². The summed E-state index contributed by atoms with van der Waals surface area (Å²) in [6.07, 6.45) is 2.49. The second-order valence-corrected chi connectivity index (χ2v) is 3.36. The van der Waals surface area contributed by atoms with Gasteiger partial charge in [0.05, 0.1) is 0 Å². The van der Waals surface area contributed by atoms with Crippen LogP contribution in [0.2, 0.25) is 0 Å². The first-order chi connectivity index (χ1) is 4.31. The van der Waals surface area contributed by atoms with Crippen LogP contribution in [0.1, 0.15) is 26.7 Å². The standard InChI is InChI=1S/C7H15OS/c1-3-4-7(2)5-9-6-8/h7H,3-6H2,1-2H3. The molecule has 0 fully saturated rings. The fraction of sp³-hybridized carbons (Fsp3) is 1.00. The van der Waals surface area contributed by atoms with E-state index in [1.807, 2.05) is 0 Å². The molecule has 2 heteroatoms. The monoisotopic (exact) mass is 147 g/mol. The summed E-state index contributed by atoms with van der Waals surface area (Å²) in [5, 5.41) is 10.0. The molecule has 0 N–H and O–H groups in total. The minimum atomic E-state index is 0.0219. The maximum absolute atomic E-state index is 10.0. The molecule has 0 heterocycles. The molecule has 1 unspecified atom stereocenters. The Hall–Kier alpha value is 0.310. The van der Waals surface area contributed by atoms with Gasteiger partial charge < -0.3 is 0 Å². The molecule has 0 aliphatic rings. The fourth-order valence-electron chi connectivity index (χ4n) is 0.825. The summed E-state index contributed by atoms with van der Waals surface area (Å²) in [5.74, 6) is 1.79. The van der Waals surface area contributed by atoms with Crippen molar-refractivity contribution >= 4 is 11.8 Å². The topological polar surface area (TPSA) is 19.9 Å². The Morgan fingerprint density at radius 3 is 2.67 bits per heavy atom. The average molecular weight is 147 g/mol. The predicted octanol–water partition coefficient (Wildman–Crippen LogP) is 2.54. The van der Waals surface area contributed by atoms with Crippen LogP contribution in [0, 0.1) is 5.92 Å². The fourth-order valence-corrected chi connectivity index (χ4v) is 1.49. The summed E-state index contributed by atoms with van der Waals surface area (Å²) in [5.41, 5.74) is 0. The molecule has 9 heavy (non-hydrogen) atoms. The summed E-state index contributed by atoms with van der Waals surface area (Å²) < 4.78 is 0. The van der Waals surface area contributed by atoms with Gasteiger partial charge in [-0.1, -0.05) is 26.7 Å². The van der Waals surface area contributed by atoms with Crippen molar-refractivity contribution in [2.24, 2.45) is 5.92 Å². The van der Waals surface area contributed by atoms with Gasteiger partial charge >= 0.3 is 0 Å². The van der Waals surface area contributed by atoms with Crippen LogP contribution in [0.3, 0.4) is 0 Å². The van der Waals surface area contributed by atoms with Gasteiger partial charge in [0.2, 0.25) is 0 Å².